The monoisotopic (exact) mass is 362 g/mol. The lowest BCUT2D eigenvalue weighted by atomic mass is 10.00. The van der Waals surface area contributed by atoms with E-state index in [4.69, 9.17) is 0 Å². The number of amides is 1. The minimum atomic E-state index is -0.423. The number of benzene rings is 2. The fourth-order valence-corrected chi connectivity index (χ4v) is 3.23. The minimum absolute atomic E-state index is 0.0654. The summed E-state index contributed by atoms with van der Waals surface area (Å²) in [6.45, 7) is 10.2. The van der Waals surface area contributed by atoms with Crippen LogP contribution in [-0.2, 0) is 6.54 Å². The van der Waals surface area contributed by atoms with Crippen molar-refractivity contribution in [3.8, 4) is 0 Å². The number of aryl methyl sites for hydroxylation is 2. The van der Waals surface area contributed by atoms with Gasteiger partial charge in [-0.15, -0.1) is 0 Å². The molecule has 0 aliphatic heterocycles. The third-order valence-electron chi connectivity index (χ3n) is 4.84. The van der Waals surface area contributed by atoms with Gasteiger partial charge in [-0.2, -0.15) is 0 Å². The zero-order chi connectivity index (χ0) is 19.8. The molecule has 0 saturated heterocycles. The predicted octanol–water partition coefficient (Wildman–Crippen LogP) is 4.59. The summed E-state index contributed by atoms with van der Waals surface area (Å²) in [7, 11) is 0. The highest BCUT2D eigenvalue weighted by Crippen LogP contribution is 2.22. The fraction of sp³-hybridized carbons (Fsp3) is 0.304. The van der Waals surface area contributed by atoms with Crippen molar-refractivity contribution < 1.29 is 4.79 Å². The standard InChI is InChI=1S/C23H26N2O2/c1-15-10-11-20-17(12-15)13-18(21(26)24-20)14-25(23(3,4)5)22(27)19-9-7-6-8-16(19)2/h6-13H,14H2,1-5H3,(H,24,26). The second-order valence-electron chi connectivity index (χ2n) is 8.09. The number of hydrogen-bond acceptors (Lipinski definition) is 2. The van der Waals surface area contributed by atoms with Gasteiger partial charge in [-0.3, -0.25) is 9.59 Å². The van der Waals surface area contributed by atoms with Crippen molar-refractivity contribution in [2.45, 2.75) is 46.7 Å². The van der Waals surface area contributed by atoms with Crippen LogP contribution in [0, 0.1) is 13.8 Å². The maximum Gasteiger partial charge on any atom is 0.254 e. The minimum Gasteiger partial charge on any atom is -0.329 e. The maximum absolute atomic E-state index is 13.3. The molecule has 0 unspecified atom stereocenters. The van der Waals surface area contributed by atoms with Crippen molar-refractivity contribution in [2.75, 3.05) is 0 Å². The SMILES string of the molecule is Cc1ccc2[nH]c(=O)c(CN(C(=O)c3ccccc3C)C(C)(C)C)cc2c1. The summed E-state index contributed by atoms with van der Waals surface area (Å²) in [4.78, 5) is 30.6. The number of fused-ring (bicyclic) bond motifs is 1. The normalized spacial score (nSPS) is 11.6. The van der Waals surface area contributed by atoms with E-state index in [9.17, 15) is 9.59 Å². The number of aromatic amines is 1. The first-order valence-corrected chi connectivity index (χ1v) is 9.17. The molecule has 0 atom stereocenters. The number of rotatable bonds is 3. The highest BCUT2D eigenvalue weighted by atomic mass is 16.2. The molecule has 4 nitrogen and oxygen atoms in total. The van der Waals surface area contributed by atoms with Crippen molar-refractivity contribution in [1.82, 2.24) is 9.88 Å². The molecule has 1 heterocycles. The van der Waals surface area contributed by atoms with Crippen molar-refractivity contribution >= 4 is 16.8 Å². The van der Waals surface area contributed by atoms with E-state index in [0.717, 1.165) is 22.0 Å². The average Bonchev–Trinajstić information content (AvgIpc) is 2.59. The van der Waals surface area contributed by atoms with Gasteiger partial charge in [-0.05, 0) is 69.8 Å². The molecular weight excluding hydrogens is 336 g/mol. The molecule has 1 aromatic heterocycles. The van der Waals surface area contributed by atoms with Crippen LogP contribution in [0.1, 0.15) is 47.8 Å². The van der Waals surface area contributed by atoms with Gasteiger partial charge in [0.05, 0.1) is 6.54 Å². The summed E-state index contributed by atoms with van der Waals surface area (Å²) in [6.07, 6.45) is 0. The Hall–Kier alpha value is -2.88. The van der Waals surface area contributed by atoms with Gasteiger partial charge in [-0.1, -0.05) is 29.8 Å². The van der Waals surface area contributed by atoms with Crippen LogP contribution in [-0.4, -0.2) is 21.3 Å². The lowest BCUT2D eigenvalue weighted by molar-refractivity contribution is 0.0557. The number of hydrogen-bond donors (Lipinski definition) is 1. The Balaban J connectivity index is 2.04. The lowest BCUT2D eigenvalue weighted by Gasteiger charge is -2.36. The molecule has 1 N–H and O–H groups in total. The van der Waals surface area contributed by atoms with E-state index < -0.39 is 5.54 Å². The smallest absolute Gasteiger partial charge is 0.254 e. The molecule has 0 fully saturated rings. The van der Waals surface area contributed by atoms with E-state index in [1.54, 1.807) is 4.90 Å². The van der Waals surface area contributed by atoms with Crippen LogP contribution < -0.4 is 5.56 Å². The van der Waals surface area contributed by atoms with Gasteiger partial charge in [-0.25, -0.2) is 0 Å². The lowest BCUT2D eigenvalue weighted by Crippen LogP contribution is -2.46. The summed E-state index contributed by atoms with van der Waals surface area (Å²) < 4.78 is 0. The number of pyridine rings is 1. The van der Waals surface area contributed by atoms with Crippen molar-refractivity contribution in [1.29, 1.82) is 0 Å². The van der Waals surface area contributed by atoms with Crippen molar-refractivity contribution in [3.05, 3.63) is 81.1 Å². The summed E-state index contributed by atoms with van der Waals surface area (Å²) in [5.41, 5.74) is 3.54. The Kier molecular flexibility index (Phi) is 4.92. The second kappa shape index (κ2) is 7.03. The molecule has 3 aromatic rings. The molecule has 27 heavy (non-hydrogen) atoms. The molecule has 0 aliphatic carbocycles. The molecule has 4 heteroatoms. The summed E-state index contributed by atoms with van der Waals surface area (Å²) in [5, 5.41) is 0.974. The Labute approximate surface area is 159 Å². The van der Waals surface area contributed by atoms with Gasteiger partial charge in [0.2, 0.25) is 0 Å². The summed E-state index contributed by atoms with van der Waals surface area (Å²) >= 11 is 0. The molecule has 1 amide bonds. The Morgan fingerprint density at radius 1 is 1.04 bits per heavy atom. The second-order valence-corrected chi connectivity index (χ2v) is 8.09. The fourth-order valence-electron chi connectivity index (χ4n) is 3.23. The zero-order valence-electron chi connectivity index (χ0n) is 16.6. The molecule has 0 aliphatic rings. The third kappa shape index (κ3) is 3.95. The molecule has 140 valence electrons. The van der Waals surface area contributed by atoms with E-state index in [1.165, 1.54) is 0 Å². The number of nitrogens with one attached hydrogen (secondary N) is 1. The Morgan fingerprint density at radius 3 is 2.41 bits per heavy atom. The van der Waals surface area contributed by atoms with Crippen molar-refractivity contribution in [3.63, 3.8) is 0 Å². The van der Waals surface area contributed by atoms with Crippen LogP contribution in [0.15, 0.2) is 53.3 Å². The molecule has 2 aromatic carbocycles. The quantitative estimate of drug-likeness (QED) is 0.741. The van der Waals surface area contributed by atoms with Crippen LogP contribution >= 0.6 is 0 Å². The summed E-state index contributed by atoms with van der Waals surface area (Å²) in [6, 6.07) is 15.4. The Morgan fingerprint density at radius 2 is 1.74 bits per heavy atom. The Bertz CT molecular complexity index is 1060. The van der Waals surface area contributed by atoms with Gasteiger partial charge in [0, 0.05) is 22.2 Å². The first kappa shape index (κ1) is 18.9. The van der Waals surface area contributed by atoms with E-state index in [0.29, 0.717) is 11.1 Å². The topological polar surface area (TPSA) is 53.2 Å². The van der Waals surface area contributed by atoms with E-state index in [-0.39, 0.29) is 18.0 Å². The predicted molar refractivity (Wildman–Crippen MR) is 110 cm³/mol. The van der Waals surface area contributed by atoms with Gasteiger partial charge < -0.3 is 9.88 Å². The van der Waals surface area contributed by atoms with E-state index in [1.807, 2.05) is 83.1 Å². The number of aromatic nitrogens is 1. The highest BCUT2D eigenvalue weighted by molar-refractivity contribution is 5.96. The molecular formula is C23H26N2O2. The number of carbonyl (C=O) groups is 1. The van der Waals surface area contributed by atoms with Crippen LogP contribution in [0.25, 0.3) is 10.9 Å². The molecule has 0 bridgehead atoms. The van der Waals surface area contributed by atoms with Crippen LogP contribution in [0.5, 0.6) is 0 Å². The van der Waals surface area contributed by atoms with Gasteiger partial charge >= 0.3 is 0 Å². The van der Waals surface area contributed by atoms with Crippen LogP contribution in [0.2, 0.25) is 0 Å². The van der Waals surface area contributed by atoms with Gasteiger partial charge in [0.1, 0.15) is 0 Å². The van der Waals surface area contributed by atoms with Crippen LogP contribution in [0.3, 0.4) is 0 Å². The summed E-state index contributed by atoms with van der Waals surface area (Å²) in [5.74, 6) is -0.0654. The third-order valence-corrected chi connectivity index (χ3v) is 4.84. The maximum atomic E-state index is 13.3. The van der Waals surface area contributed by atoms with E-state index >= 15 is 0 Å². The first-order valence-electron chi connectivity index (χ1n) is 9.17. The van der Waals surface area contributed by atoms with Gasteiger partial charge in [0.15, 0.2) is 0 Å². The number of H-pyrrole nitrogens is 1. The first-order chi connectivity index (χ1) is 12.7. The average molecular weight is 362 g/mol. The number of nitrogens with zero attached hydrogens (tertiary/aromatic N) is 1. The van der Waals surface area contributed by atoms with Crippen molar-refractivity contribution in [2.24, 2.45) is 0 Å². The highest BCUT2D eigenvalue weighted by Gasteiger charge is 2.29. The molecule has 0 saturated carbocycles. The van der Waals surface area contributed by atoms with Gasteiger partial charge in [0.25, 0.3) is 11.5 Å². The molecule has 0 radical (unpaired) electrons. The molecule has 0 spiro atoms. The number of carbonyl (C=O) groups excluding carboxylic acids is 1. The zero-order valence-corrected chi connectivity index (χ0v) is 16.6. The van der Waals surface area contributed by atoms with Crippen LogP contribution in [0.4, 0.5) is 0 Å². The largest absolute Gasteiger partial charge is 0.329 e. The molecule has 3 rings (SSSR count). The van der Waals surface area contributed by atoms with E-state index in [2.05, 4.69) is 4.98 Å².